The van der Waals surface area contributed by atoms with Crippen LogP contribution < -0.4 is 5.11 Å². The number of allylic oxidation sites excluding steroid dienone is 1. The van der Waals surface area contributed by atoms with Crippen LogP contribution in [0, 0.1) is 5.82 Å². The van der Waals surface area contributed by atoms with Gasteiger partial charge in [-0.15, -0.1) is 0 Å². The van der Waals surface area contributed by atoms with Gasteiger partial charge in [0.1, 0.15) is 5.82 Å². The van der Waals surface area contributed by atoms with Gasteiger partial charge in [-0.25, -0.2) is 4.39 Å². The van der Waals surface area contributed by atoms with Gasteiger partial charge < -0.3 is 5.11 Å². The zero-order chi connectivity index (χ0) is 13.2. The number of carbonyl (C=O) groups excluding carboxylic acids is 1. The highest BCUT2D eigenvalue weighted by Crippen LogP contribution is 2.21. The third kappa shape index (κ3) is 3.45. The minimum atomic E-state index is -5.12. The minimum Gasteiger partial charge on any atom is -0.872 e. The van der Waals surface area contributed by atoms with E-state index in [9.17, 15) is 27.5 Å². The van der Waals surface area contributed by atoms with Gasteiger partial charge in [0.15, 0.2) is 0 Å². The van der Waals surface area contributed by atoms with Crippen molar-refractivity contribution in [3.63, 3.8) is 0 Å². The van der Waals surface area contributed by atoms with Crippen molar-refractivity contribution in [3.05, 3.63) is 40.7 Å². The van der Waals surface area contributed by atoms with Crippen LogP contribution in [0.15, 0.2) is 24.3 Å². The van der Waals surface area contributed by atoms with Gasteiger partial charge in [-0.2, -0.15) is 13.2 Å². The molecule has 0 bridgehead atoms. The van der Waals surface area contributed by atoms with Gasteiger partial charge in [0, 0.05) is 0 Å². The van der Waals surface area contributed by atoms with Gasteiger partial charge in [-0.3, -0.25) is 4.79 Å². The molecule has 0 atom stereocenters. The second-order valence-electron chi connectivity index (χ2n) is 3.00. The summed E-state index contributed by atoms with van der Waals surface area (Å²) in [6, 6.07) is 2.69. The monoisotopic (exact) mass is 267 g/mol. The van der Waals surface area contributed by atoms with Crippen LogP contribution >= 0.6 is 11.6 Å². The van der Waals surface area contributed by atoms with E-state index in [2.05, 4.69) is 0 Å². The average Bonchev–Trinajstić information content (AvgIpc) is 2.20. The van der Waals surface area contributed by atoms with Gasteiger partial charge in [0.05, 0.1) is 5.02 Å². The molecule has 0 saturated heterocycles. The molecule has 0 aliphatic carbocycles. The molecule has 0 aliphatic heterocycles. The molecule has 0 radical (unpaired) electrons. The molecule has 0 heterocycles. The van der Waals surface area contributed by atoms with Crippen LogP contribution in [0.2, 0.25) is 5.02 Å². The lowest BCUT2D eigenvalue weighted by atomic mass is 10.1. The number of hydrogen-bond donors (Lipinski definition) is 0. The highest BCUT2D eigenvalue weighted by molar-refractivity contribution is 6.30. The normalized spacial score (nSPS) is 12.6. The lowest BCUT2D eigenvalue weighted by Crippen LogP contribution is -2.21. The highest BCUT2D eigenvalue weighted by atomic mass is 35.5. The number of carbonyl (C=O) groups is 1. The molecule has 0 aliphatic rings. The quantitative estimate of drug-likeness (QED) is 0.469. The predicted octanol–water partition coefficient (Wildman–Crippen LogP) is 2.31. The first kappa shape index (κ1) is 13.5. The van der Waals surface area contributed by atoms with Gasteiger partial charge >= 0.3 is 6.18 Å². The smallest absolute Gasteiger partial charge is 0.454 e. The van der Waals surface area contributed by atoms with Crippen molar-refractivity contribution in [2.24, 2.45) is 0 Å². The topological polar surface area (TPSA) is 40.1 Å². The molecule has 17 heavy (non-hydrogen) atoms. The summed E-state index contributed by atoms with van der Waals surface area (Å²) < 4.78 is 48.4. The van der Waals surface area contributed by atoms with Gasteiger partial charge in [0.25, 0.3) is 5.78 Å². The van der Waals surface area contributed by atoms with E-state index in [-0.39, 0.29) is 16.7 Å². The lowest BCUT2D eigenvalue weighted by molar-refractivity contribution is -0.244. The Bertz CT molecular complexity index is 480. The van der Waals surface area contributed by atoms with Crippen molar-refractivity contribution in [3.8, 4) is 0 Å². The maximum Gasteiger partial charge on any atom is 0.454 e. The summed E-state index contributed by atoms with van der Waals surface area (Å²) in [5, 5.41) is 10.9. The van der Waals surface area contributed by atoms with Crippen molar-refractivity contribution < 1.29 is 27.5 Å². The van der Waals surface area contributed by atoms with E-state index in [1.165, 1.54) is 0 Å². The third-order valence-corrected chi connectivity index (χ3v) is 2.05. The summed E-state index contributed by atoms with van der Waals surface area (Å²) in [5.41, 5.74) is -0.385. The second-order valence-corrected chi connectivity index (χ2v) is 3.41. The first-order valence-corrected chi connectivity index (χ1v) is 4.55. The van der Waals surface area contributed by atoms with Crippen molar-refractivity contribution in [1.29, 1.82) is 0 Å². The van der Waals surface area contributed by atoms with Gasteiger partial charge in [-0.05, 0) is 23.8 Å². The zero-order valence-corrected chi connectivity index (χ0v) is 8.77. The Hall–Kier alpha value is -1.56. The number of ketones is 1. The summed E-state index contributed by atoms with van der Waals surface area (Å²) in [6.07, 6.45) is -5.26. The highest BCUT2D eigenvalue weighted by Gasteiger charge is 2.36. The maximum absolute atomic E-state index is 12.9. The molecule has 0 unspecified atom stereocenters. The molecule has 0 saturated carbocycles. The minimum absolute atomic E-state index is 0.136. The fourth-order valence-corrected chi connectivity index (χ4v) is 1.05. The predicted molar refractivity (Wildman–Crippen MR) is 50.4 cm³/mol. The number of rotatable bonds is 2. The number of halogens is 5. The van der Waals surface area contributed by atoms with Crippen molar-refractivity contribution >= 4 is 23.1 Å². The first-order chi connectivity index (χ1) is 7.71. The summed E-state index contributed by atoms with van der Waals surface area (Å²) in [7, 11) is 0. The van der Waals surface area contributed by atoms with Crippen molar-refractivity contribution in [2.45, 2.75) is 6.18 Å². The molecule has 0 amide bonds. The van der Waals surface area contributed by atoms with E-state index in [0.717, 1.165) is 12.1 Å². The van der Waals surface area contributed by atoms with E-state index in [1.54, 1.807) is 0 Å². The molecule has 0 N–H and O–H groups in total. The second kappa shape index (κ2) is 4.75. The van der Waals surface area contributed by atoms with Crippen molar-refractivity contribution in [1.82, 2.24) is 0 Å². The van der Waals surface area contributed by atoms with Crippen LogP contribution in [0.3, 0.4) is 0 Å². The molecule has 1 rings (SSSR count). The molecule has 1 aromatic rings. The Morgan fingerprint density at radius 1 is 1.35 bits per heavy atom. The third-order valence-electron chi connectivity index (χ3n) is 1.75. The summed E-state index contributed by atoms with van der Waals surface area (Å²) >= 11 is 5.32. The first-order valence-electron chi connectivity index (χ1n) is 4.17. The van der Waals surface area contributed by atoms with E-state index in [1.807, 2.05) is 0 Å². The van der Waals surface area contributed by atoms with Gasteiger partial charge in [0.2, 0.25) is 0 Å². The van der Waals surface area contributed by atoms with Crippen LogP contribution in [0.1, 0.15) is 5.56 Å². The van der Waals surface area contributed by atoms with Crippen LogP contribution in [0.25, 0.3) is 5.76 Å². The fourth-order valence-electron chi connectivity index (χ4n) is 0.934. The largest absolute Gasteiger partial charge is 0.872 e. The SMILES string of the molecule is O=C(/C=C(\[O-])c1ccc(Cl)c(F)c1)C(F)(F)F. The summed E-state index contributed by atoms with van der Waals surface area (Å²) in [5.74, 6) is -4.48. The van der Waals surface area contributed by atoms with Crippen LogP contribution in [0.4, 0.5) is 17.6 Å². The zero-order valence-electron chi connectivity index (χ0n) is 8.02. The maximum atomic E-state index is 12.9. The molecule has 0 spiro atoms. The Kier molecular flexibility index (Phi) is 3.77. The molecule has 0 aromatic heterocycles. The number of benzene rings is 1. The lowest BCUT2D eigenvalue weighted by Gasteiger charge is -2.12. The number of hydrogen-bond acceptors (Lipinski definition) is 2. The number of alkyl halides is 3. The van der Waals surface area contributed by atoms with E-state index < -0.39 is 23.5 Å². The standard InChI is InChI=1S/C10H5ClF4O2/c11-6-2-1-5(3-7(6)12)8(16)4-9(17)10(13,14)15/h1-4,16H/p-1/b8-4-. The molecule has 0 fully saturated rings. The molecule has 2 nitrogen and oxygen atoms in total. The molecule has 92 valence electrons. The van der Waals surface area contributed by atoms with Crippen LogP contribution in [0.5, 0.6) is 0 Å². The summed E-state index contributed by atoms with van der Waals surface area (Å²) in [6.45, 7) is 0. The van der Waals surface area contributed by atoms with E-state index in [4.69, 9.17) is 11.6 Å². The van der Waals surface area contributed by atoms with E-state index in [0.29, 0.717) is 6.07 Å². The van der Waals surface area contributed by atoms with Crippen molar-refractivity contribution in [2.75, 3.05) is 0 Å². The Balaban J connectivity index is 3.04. The van der Waals surface area contributed by atoms with Crippen LogP contribution in [-0.2, 0) is 4.79 Å². The van der Waals surface area contributed by atoms with Crippen LogP contribution in [-0.4, -0.2) is 12.0 Å². The average molecular weight is 268 g/mol. The Morgan fingerprint density at radius 3 is 2.41 bits per heavy atom. The Labute approximate surface area is 98.1 Å². The van der Waals surface area contributed by atoms with Gasteiger partial charge in [-0.1, -0.05) is 23.4 Å². The Morgan fingerprint density at radius 2 is 1.94 bits per heavy atom. The van der Waals surface area contributed by atoms with E-state index >= 15 is 0 Å². The fraction of sp³-hybridized carbons (Fsp3) is 0.100. The molecule has 7 heteroatoms. The summed E-state index contributed by atoms with van der Waals surface area (Å²) in [4.78, 5) is 10.5. The molecular weight excluding hydrogens is 264 g/mol. The molecular formula is C10H4ClF4O2-. The molecule has 1 aromatic carbocycles.